The smallest absolute Gasteiger partial charge is 0.185 e. The van der Waals surface area contributed by atoms with Gasteiger partial charge < -0.3 is 48.6 Å². The molecule has 7 aliphatic heterocycles. The van der Waals surface area contributed by atoms with Gasteiger partial charge in [-0.05, 0) is 234 Å². The van der Waals surface area contributed by atoms with Crippen LogP contribution in [0.1, 0.15) is 92.9 Å². The number of imidazole rings is 2. The van der Waals surface area contributed by atoms with Gasteiger partial charge in [-0.15, -0.1) is 10.2 Å². The summed E-state index contributed by atoms with van der Waals surface area (Å²) in [6, 6.07) is 51.5. The average Bonchev–Trinajstić information content (AvgIpc) is 1.60. The first-order valence-corrected chi connectivity index (χ1v) is 38.9. The maximum atomic E-state index is 13.5. The molecule has 0 radical (unpaired) electrons. The standard InChI is InChI=1S/C30H33FN6.C30H33N7.C28H28N6O/c1-21-8-12-34(13-9-21)17-22-10-14-35(18-22)29-7-6-27-26(33-29)20-36-19-24(23-2-4-25(31)5-3-23)16-28(36)30-32-11-15-37(27)30;1-4-21(2)34(3)16-23-11-12-35(17-23)27-9-10-28-26(13-27)19-36-18-25(24-7-5-22(15-31)6-8-24)14-29(36)30-33-32-20-37(28)30;1-30-13-20-8-9-32(15-20)24-6-7-26-23(10-24)17-33-16-22(21-4-2-19(12-29)3-5-21)11-27(33)28-31-14-25(18-35)34(26)28/h2-7,11,15-16,19,21-22H,8-10,12-14,17-18,20H2,1H3;5-10,13-14,18,20-21,23H,4,11-12,16-17,19H2,1-3H3;2-7,10-11,14,16,20,30,35H,8-9,13,15,17-18H2,1H3/t22-;21-,23-;/m01./s1. The summed E-state index contributed by atoms with van der Waals surface area (Å²) < 4.78 is 26.6. The lowest BCUT2D eigenvalue weighted by Crippen LogP contribution is -2.37. The zero-order valence-electron chi connectivity index (χ0n) is 62.9. The van der Waals surface area contributed by atoms with Gasteiger partial charge in [-0.2, -0.15) is 10.5 Å². The van der Waals surface area contributed by atoms with E-state index in [1.807, 2.05) is 86.4 Å². The van der Waals surface area contributed by atoms with Gasteiger partial charge in [0.2, 0.25) is 0 Å². The molecule has 4 fully saturated rings. The lowest BCUT2D eigenvalue weighted by atomic mass is 9.98. The van der Waals surface area contributed by atoms with E-state index < -0.39 is 0 Å². The molecule has 12 aromatic rings. The van der Waals surface area contributed by atoms with Crippen molar-refractivity contribution in [1.82, 2.24) is 67.7 Å². The summed E-state index contributed by atoms with van der Waals surface area (Å²) >= 11 is 0. The van der Waals surface area contributed by atoms with Crippen LogP contribution in [0.25, 0.3) is 85.0 Å². The van der Waals surface area contributed by atoms with E-state index in [1.54, 1.807) is 6.20 Å². The van der Waals surface area contributed by atoms with Crippen molar-refractivity contribution >= 4 is 17.2 Å². The molecule has 0 spiro atoms. The van der Waals surface area contributed by atoms with Crippen LogP contribution in [0.5, 0.6) is 0 Å². The van der Waals surface area contributed by atoms with E-state index in [-0.39, 0.29) is 12.4 Å². The molecule has 14 heterocycles. The number of aliphatic hydroxyl groups is 1. The molecule has 0 aliphatic carbocycles. The number of hydrogen-bond donors (Lipinski definition) is 2. The number of fused-ring (bicyclic) bond motifs is 15. The van der Waals surface area contributed by atoms with Gasteiger partial charge in [0.1, 0.15) is 18.0 Å². The Morgan fingerprint density at radius 3 is 1.79 bits per heavy atom. The number of halogens is 1. The molecule has 109 heavy (non-hydrogen) atoms. The molecule has 19 rings (SSSR count). The Morgan fingerprint density at radius 1 is 0.596 bits per heavy atom. The topological polar surface area (TPSA) is 190 Å². The highest BCUT2D eigenvalue weighted by Gasteiger charge is 2.33. The molecule has 20 nitrogen and oxygen atoms in total. The first-order valence-electron chi connectivity index (χ1n) is 38.9. The molecule has 7 aromatic heterocycles. The quantitative estimate of drug-likeness (QED) is 0.0985. The molecule has 5 aromatic carbocycles. The van der Waals surface area contributed by atoms with Crippen molar-refractivity contribution < 1.29 is 9.50 Å². The minimum absolute atomic E-state index is 0.0742. The molecule has 0 bridgehead atoms. The van der Waals surface area contributed by atoms with Gasteiger partial charge in [-0.3, -0.25) is 13.7 Å². The van der Waals surface area contributed by atoms with Crippen LogP contribution in [-0.2, 0) is 26.2 Å². The number of pyridine rings is 1. The third-order valence-electron chi connectivity index (χ3n) is 23.9. The van der Waals surface area contributed by atoms with E-state index in [9.17, 15) is 9.50 Å². The van der Waals surface area contributed by atoms with Crippen LogP contribution in [-0.4, -0.2) is 160 Å². The zero-order valence-corrected chi connectivity index (χ0v) is 62.9. The van der Waals surface area contributed by atoms with Gasteiger partial charge in [0.25, 0.3) is 0 Å². The van der Waals surface area contributed by atoms with E-state index in [0.29, 0.717) is 41.5 Å². The fraction of sp³-hybridized carbons (Fsp3) is 0.352. The SMILES string of the molecule is CC1CCN(C[C@@H]2CCN(c3ccc4c(n3)Cn3cc(-c5ccc(F)cc5)cc3-c3nccn3-4)C2)CC1.CC[C@@H](C)N(C)C[C@H]1CCN(c2ccc3c(c2)Cn2cc(-c4ccc(C#N)cc4)cc2-c2nncn2-3)C1.CNCC1CCN(c2ccc3c(c2)Cn2cc(-c4ccc(C#N)cc4)cc2-c2ncc(CO)n2-3)C1. The van der Waals surface area contributed by atoms with Gasteiger partial charge in [-0.1, -0.05) is 50.2 Å². The van der Waals surface area contributed by atoms with Crippen molar-refractivity contribution in [2.24, 2.45) is 23.7 Å². The van der Waals surface area contributed by atoms with Crippen molar-refractivity contribution in [3.8, 4) is 97.1 Å². The number of rotatable bonds is 15. The minimum atomic E-state index is -0.222. The van der Waals surface area contributed by atoms with Crippen LogP contribution in [0.3, 0.4) is 0 Å². The Kier molecular flexibility index (Phi) is 19.8. The second-order valence-electron chi connectivity index (χ2n) is 31.1. The van der Waals surface area contributed by atoms with Crippen molar-refractivity contribution in [3.63, 3.8) is 0 Å². The summed E-state index contributed by atoms with van der Waals surface area (Å²) in [4.78, 5) is 27.3. The lowest BCUT2D eigenvalue weighted by Gasteiger charge is -2.32. The maximum Gasteiger partial charge on any atom is 0.185 e. The number of aromatic nitrogens is 11. The Bertz CT molecular complexity index is 5340. The predicted octanol–water partition coefficient (Wildman–Crippen LogP) is 14.4. The third kappa shape index (κ3) is 14.3. The molecule has 0 amide bonds. The van der Waals surface area contributed by atoms with Crippen LogP contribution >= 0.6 is 0 Å². The Balaban J connectivity index is 0.000000120. The highest BCUT2D eigenvalue weighted by Crippen LogP contribution is 2.41. The maximum absolute atomic E-state index is 13.5. The molecule has 1 unspecified atom stereocenters. The highest BCUT2D eigenvalue weighted by atomic mass is 19.1. The van der Waals surface area contributed by atoms with E-state index in [0.717, 1.165) is 174 Å². The van der Waals surface area contributed by atoms with E-state index in [4.69, 9.17) is 20.5 Å². The van der Waals surface area contributed by atoms with Crippen LogP contribution < -0.4 is 20.0 Å². The van der Waals surface area contributed by atoms with Crippen LogP contribution in [0.15, 0.2) is 183 Å². The largest absolute Gasteiger partial charge is 0.390 e. The second kappa shape index (κ2) is 30.5. The summed E-state index contributed by atoms with van der Waals surface area (Å²) in [7, 11) is 4.28. The monoisotopic (exact) mass is 1450 g/mol. The first-order chi connectivity index (χ1) is 53.3. The third-order valence-corrected chi connectivity index (χ3v) is 23.9. The first kappa shape index (κ1) is 70.8. The number of aliphatic hydroxyl groups excluding tert-OH is 1. The zero-order chi connectivity index (χ0) is 74.4. The molecule has 21 heteroatoms. The summed E-state index contributed by atoms with van der Waals surface area (Å²) in [5.41, 5.74) is 20.9. The minimum Gasteiger partial charge on any atom is -0.390 e. The molecular weight excluding hydrogens is 1360 g/mol. The summed E-state index contributed by atoms with van der Waals surface area (Å²) in [6.45, 7) is 21.5. The van der Waals surface area contributed by atoms with Gasteiger partial charge in [-0.25, -0.2) is 19.3 Å². The van der Waals surface area contributed by atoms with Gasteiger partial charge in [0.15, 0.2) is 17.5 Å². The molecule has 0 saturated carbocycles. The Labute approximate surface area is 637 Å². The van der Waals surface area contributed by atoms with Crippen molar-refractivity contribution in [1.29, 1.82) is 10.5 Å². The Morgan fingerprint density at radius 2 is 1.16 bits per heavy atom. The number of nitrogens with zero attached hydrogens (tertiary/aromatic N) is 18. The van der Waals surface area contributed by atoms with Gasteiger partial charge in [0.05, 0.1) is 88.1 Å². The average molecular weight is 1450 g/mol. The van der Waals surface area contributed by atoms with Crippen LogP contribution in [0, 0.1) is 52.2 Å². The number of benzene rings is 5. The number of hydrogen-bond acceptors (Lipinski definition) is 14. The summed E-state index contributed by atoms with van der Waals surface area (Å²) in [5.74, 6) is 6.40. The predicted molar refractivity (Wildman–Crippen MR) is 428 cm³/mol. The number of likely N-dealkylation sites (tertiary alicyclic amines) is 1. The fourth-order valence-electron chi connectivity index (χ4n) is 17.5. The van der Waals surface area contributed by atoms with E-state index in [2.05, 4.69) is 198 Å². The van der Waals surface area contributed by atoms with Crippen molar-refractivity contribution in [3.05, 3.63) is 222 Å². The van der Waals surface area contributed by atoms with Crippen LogP contribution in [0.2, 0.25) is 0 Å². The molecular formula is C88H94FN19O. The molecule has 554 valence electrons. The van der Waals surface area contributed by atoms with Crippen LogP contribution in [0.4, 0.5) is 21.6 Å². The number of piperidine rings is 1. The highest BCUT2D eigenvalue weighted by molar-refractivity contribution is 5.76. The van der Waals surface area contributed by atoms with E-state index >= 15 is 0 Å². The van der Waals surface area contributed by atoms with Crippen molar-refractivity contribution in [2.75, 3.05) is 101 Å². The summed E-state index contributed by atoms with van der Waals surface area (Å²) in [5, 5.41) is 40.4. The van der Waals surface area contributed by atoms with Gasteiger partial charge in [0, 0.05) is 131 Å². The Hall–Kier alpha value is -11.2. The number of nitrogens with one attached hydrogen (secondary N) is 1. The second-order valence-corrected chi connectivity index (χ2v) is 31.1. The summed E-state index contributed by atoms with van der Waals surface area (Å²) in [6.07, 6.45) is 21.5. The molecule has 2 N–H and O–H groups in total. The number of anilines is 3. The fourth-order valence-corrected chi connectivity index (χ4v) is 17.5. The normalized spacial score (nSPS) is 17.9. The van der Waals surface area contributed by atoms with E-state index in [1.165, 1.54) is 92.8 Å². The van der Waals surface area contributed by atoms with Gasteiger partial charge >= 0.3 is 0 Å². The lowest BCUT2D eigenvalue weighted by molar-refractivity contribution is 0.171. The van der Waals surface area contributed by atoms with Crippen molar-refractivity contribution in [2.45, 2.75) is 91.6 Å². The molecule has 4 atom stereocenters. The molecule has 7 aliphatic rings. The molecule has 4 saturated heterocycles. The number of nitriles is 2.